The van der Waals surface area contributed by atoms with Gasteiger partial charge in [0.15, 0.2) is 5.78 Å². The second kappa shape index (κ2) is 10.8. The van der Waals surface area contributed by atoms with E-state index in [2.05, 4.69) is 61.5 Å². The molecule has 4 aliphatic carbocycles. The third kappa shape index (κ3) is 5.23. The van der Waals surface area contributed by atoms with Crippen LogP contribution in [0.4, 0.5) is 0 Å². The zero-order chi connectivity index (χ0) is 24.4. The Morgan fingerprint density at radius 1 is 0.939 bits per heavy atom. The first kappa shape index (κ1) is 26.7. The van der Waals surface area contributed by atoms with Crippen LogP contribution < -0.4 is 0 Å². The molecule has 0 heterocycles. The molecule has 0 aromatic heterocycles. The molecule has 0 aromatic carbocycles. The third-order valence-corrected chi connectivity index (χ3v) is 10.6. The van der Waals surface area contributed by atoms with Crippen molar-refractivity contribution in [3.63, 3.8) is 0 Å². The van der Waals surface area contributed by atoms with Crippen LogP contribution in [0.2, 0.25) is 0 Å². The van der Waals surface area contributed by atoms with Gasteiger partial charge in [0.25, 0.3) is 0 Å². The largest absolute Gasteiger partial charge is 0.295 e. The number of carbonyl (C=O) groups is 1. The van der Waals surface area contributed by atoms with Crippen LogP contribution in [0.5, 0.6) is 0 Å². The fraction of sp³-hybridized carbons (Fsp3) is 0.844. The molecule has 0 saturated heterocycles. The number of allylic oxidation sites excluding steroid dienone is 4. The van der Waals surface area contributed by atoms with Gasteiger partial charge in [-0.3, -0.25) is 4.79 Å². The predicted octanol–water partition coefficient (Wildman–Crippen LogP) is 9.57. The highest BCUT2D eigenvalue weighted by Gasteiger charge is 2.59. The molecule has 2 fully saturated rings. The summed E-state index contributed by atoms with van der Waals surface area (Å²) in [6.07, 6.45) is 18.7. The van der Waals surface area contributed by atoms with Gasteiger partial charge < -0.3 is 0 Å². The SMILES string of the molecule is CC1=CC2=CC(=O)CC[C@]2(C)C2CC[C@]3(C)C(C(C)CCCC(C)C)CCC3C12.CCCC. The first-order chi connectivity index (χ1) is 15.6. The van der Waals surface area contributed by atoms with E-state index in [1.54, 1.807) is 5.57 Å². The Kier molecular flexibility index (Phi) is 8.77. The molecule has 2 saturated carbocycles. The molecule has 0 spiro atoms. The zero-order valence-electron chi connectivity index (χ0n) is 23.3. The molecule has 5 unspecified atom stereocenters. The van der Waals surface area contributed by atoms with Gasteiger partial charge in [-0.15, -0.1) is 0 Å². The summed E-state index contributed by atoms with van der Waals surface area (Å²) in [5.41, 5.74) is 3.70. The number of rotatable bonds is 6. The van der Waals surface area contributed by atoms with Crippen LogP contribution in [0.15, 0.2) is 23.3 Å². The highest BCUT2D eigenvalue weighted by atomic mass is 16.1. The van der Waals surface area contributed by atoms with Gasteiger partial charge in [0.05, 0.1) is 0 Å². The number of fused-ring (bicyclic) bond motifs is 5. The summed E-state index contributed by atoms with van der Waals surface area (Å²) in [4.78, 5) is 12.1. The highest BCUT2D eigenvalue weighted by molar-refractivity contribution is 5.92. The second-order valence-corrected chi connectivity index (χ2v) is 13.1. The van der Waals surface area contributed by atoms with Gasteiger partial charge in [-0.25, -0.2) is 0 Å². The average Bonchev–Trinajstić information content (AvgIpc) is 3.12. The van der Waals surface area contributed by atoms with Crippen LogP contribution in [0, 0.1) is 46.3 Å². The molecule has 7 atom stereocenters. The van der Waals surface area contributed by atoms with Gasteiger partial charge in [0, 0.05) is 6.42 Å². The quantitative estimate of drug-likeness (QED) is 0.390. The van der Waals surface area contributed by atoms with Crippen LogP contribution >= 0.6 is 0 Å². The van der Waals surface area contributed by atoms with E-state index in [0.29, 0.717) is 11.2 Å². The van der Waals surface area contributed by atoms with E-state index in [1.165, 1.54) is 63.4 Å². The van der Waals surface area contributed by atoms with E-state index in [9.17, 15) is 4.79 Å². The number of ketones is 1. The van der Waals surface area contributed by atoms with Gasteiger partial charge in [-0.05, 0) is 97.0 Å². The molecule has 0 N–H and O–H groups in total. The summed E-state index contributed by atoms with van der Waals surface area (Å²) in [6.45, 7) is 19.2. The summed E-state index contributed by atoms with van der Waals surface area (Å²) in [6, 6.07) is 0. The summed E-state index contributed by atoms with van der Waals surface area (Å²) >= 11 is 0. The van der Waals surface area contributed by atoms with Gasteiger partial charge in [0.2, 0.25) is 0 Å². The lowest BCUT2D eigenvalue weighted by Gasteiger charge is -2.58. The molecule has 0 aliphatic heterocycles. The molecule has 0 bridgehead atoms. The van der Waals surface area contributed by atoms with Crippen molar-refractivity contribution in [3.05, 3.63) is 23.3 Å². The predicted molar refractivity (Wildman–Crippen MR) is 143 cm³/mol. The van der Waals surface area contributed by atoms with Crippen molar-refractivity contribution in [1.82, 2.24) is 0 Å². The fourth-order valence-corrected chi connectivity index (χ4v) is 8.40. The van der Waals surface area contributed by atoms with Crippen LogP contribution in [-0.2, 0) is 4.79 Å². The number of carbonyl (C=O) groups excluding carboxylic acids is 1. The van der Waals surface area contributed by atoms with E-state index >= 15 is 0 Å². The molecule has 0 aromatic rings. The molecule has 1 nitrogen and oxygen atoms in total. The topological polar surface area (TPSA) is 17.1 Å². The summed E-state index contributed by atoms with van der Waals surface area (Å²) < 4.78 is 0. The number of hydrogen-bond acceptors (Lipinski definition) is 1. The van der Waals surface area contributed by atoms with Crippen LogP contribution in [-0.4, -0.2) is 5.78 Å². The summed E-state index contributed by atoms with van der Waals surface area (Å²) in [5.74, 6) is 5.31. The average molecular weight is 455 g/mol. The van der Waals surface area contributed by atoms with Crippen LogP contribution in [0.1, 0.15) is 126 Å². The molecule has 1 heteroatoms. The van der Waals surface area contributed by atoms with E-state index < -0.39 is 0 Å². The zero-order valence-corrected chi connectivity index (χ0v) is 23.3. The summed E-state index contributed by atoms with van der Waals surface area (Å²) in [5, 5.41) is 0. The first-order valence-electron chi connectivity index (χ1n) is 14.5. The first-order valence-corrected chi connectivity index (χ1v) is 14.5. The van der Waals surface area contributed by atoms with Crippen molar-refractivity contribution in [3.8, 4) is 0 Å². The van der Waals surface area contributed by atoms with Crippen molar-refractivity contribution in [1.29, 1.82) is 0 Å². The Bertz CT molecular complexity index is 740. The van der Waals surface area contributed by atoms with Gasteiger partial charge in [0.1, 0.15) is 0 Å². The lowest BCUT2D eigenvalue weighted by atomic mass is 9.46. The Hall–Kier alpha value is -0.850. The summed E-state index contributed by atoms with van der Waals surface area (Å²) in [7, 11) is 0. The maximum absolute atomic E-state index is 12.1. The lowest BCUT2D eigenvalue weighted by molar-refractivity contribution is -0.116. The van der Waals surface area contributed by atoms with E-state index in [1.807, 2.05) is 6.08 Å². The van der Waals surface area contributed by atoms with Crippen molar-refractivity contribution >= 4 is 5.78 Å². The molecule has 4 rings (SSSR count). The number of unbranched alkanes of at least 4 members (excludes halogenated alkanes) is 1. The van der Waals surface area contributed by atoms with Gasteiger partial charge in [-0.1, -0.05) is 92.2 Å². The molecular weight excluding hydrogens is 400 g/mol. The van der Waals surface area contributed by atoms with E-state index in [-0.39, 0.29) is 5.41 Å². The standard InChI is InChI=1S/C28H44O.C4H10/c1-18(2)8-7-9-19(3)23-10-11-24-26-20(4)16-21-17-22(29)12-14-27(21,5)25(26)13-15-28(23,24)6;1-3-4-2/h16-19,23-26H,7-15H2,1-6H3;3-4H2,1-2H3/t19?,23?,24?,25?,26?,27-,28+;/m0./s1. The van der Waals surface area contributed by atoms with Gasteiger partial charge in [-0.2, -0.15) is 0 Å². The molecule has 188 valence electrons. The van der Waals surface area contributed by atoms with Crippen LogP contribution in [0.25, 0.3) is 0 Å². The third-order valence-electron chi connectivity index (χ3n) is 10.6. The smallest absolute Gasteiger partial charge is 0.156 e. The molecule has 0 radical (unpaired) electrons. The van der Waals surface area contributed by atoms with Crippen LogP contribution in [0.3, 0.4) is 0 Å². The van der Waals surface area contributed by atoms with E-state index in [0.717, 1.165) is 48.3 Å². The molecule has 0 amide bonds. The molecular formula is C32H54O. The second-order valence-electron chi connectivity index (χ2n) is 13.1. The minimum atomic E-state index is 0.236. The Labute approximate surface area is 206 Å². The lowest BCUT2D eigenvalue weighted by Crippen LogP contribution is -2.50. The van der Waals surface area contributed by atoms with Crippen molar-refractivity contribution in [2.24, 2.45) is 46.3 Å². The fourth-order valence-electron chi connectivity index (χ4n) is 8.40. The molecule has 4 aliphatic rings. The maximum atomic E-state index is 12.1. The van der Waals surface area contributed by atoms with Crippen molar-refractivity contribution in [2.75, 3.05) is 0 Å². The van der Waals surface area contributed by atoms with Crippen molar-refractivity contribution < 1.29 is 4.79 Å². The Morgan fingerprint density at radius 3 is 2.27 bits per heavy atom. The normalized spacial score (nSPS) is 38.4. The minimum absolute atomic E-state index is 0.236. The van der Waals surface area contributed by atoms with E-state index in [4.69, 9.17) is 0 Å². The van der Waals surface area contributed by atoms with Crippen molar-refractivity contribution in [2.45, 2.75) is 126 Å². The Balaban J connectivity index is 0.000000709. The highest BCUT2D eigenvalue weighted by Crippen LogP contribution is 2.67. The Morgan fingerprint density at radius 2 is 1.64 bits per heavy atom. The monoisotopic (exact) mass is 454 g/mol. The van der Waals surface area contributed by atoms with Gasteiger partial charge >= 0.3 is 0 Å². The molecule has 33 heavy (non-hydrogen) atoms. The maximum Gasteiger partial charge on any atom is 0.156 e. The minimum Gasteiger partial charge on any atom is -0.295 e. The number of hydrogen-bond donors (Lipinski definition) is 0.